The first-order valence-electron chi connectivity index (χ1n) is 5.89. The summed E-state index contributed by atoms with van der Waals surface area (Å²) in [5, 5.41) is 13.3. The Morgan fingerprint density at radius 2 is 1.95 bits per heavy atom. The molecule has 0 aromatic heterocycles. The average Bonchev–Trinajstić information content (AvgIpc) is 2.37. The molecule has 20 heavy (non-hydrogen) atoms. The zero-order valence-electron chi connectivity index (χ0n) is 10.2. The number of carbonyl (C=O) groups is 1. The van der Waals surface area contributed by atoms with Crippen LogP contribution in [0.1, 0.15) is 30.0 Å². The van der Waals surface area contributed by atoms with Crippen LogP contribution in [0.4, 0.5) is 13.2 Å². The van der Waals surface area contributed by atoms with Gasteiger partial charge in [0.1, 0.15) is 6.04 Å². The van der Waals surface area contributed by atoms with E-state index in [0.29, 0.717) is 0 Å². The van der Waals surface area contributed by atoms with Crippen molar-refractivity contribution in [2.45, 2.75) is 31.1 Å². The van der Waals surface area contributed by atoms with Gasteiger partial charge in [0.15, 0.2) is 0 Å². The fourth-order valence-electron chi connectivity index (χ4n) is 2.33. The molecule has 1 heterocycles. The Morgan fingerprint density at radius 3 is 2.55 bits per heavy atom. The number of piperidine rings is 1. The summed E-state index contributed by atoms with van der Waals surface area (Å²) in [6.07, 6.45) is -4.76. The highest BCUT2D eigenvalue weighted by Crippen LogP contribution is 2.37. The highest BCUT2D eigenvalue weighted by atomic mass is 19.4. The maximum Gasteiger partial charge on any atom is 0.416 e. The number of nitrogens with one attached hydrogen (secondary N) is 1. The number of hydrogen-bond donors (Lipinski definition) is 1. The zero-order valence-corrected chi connectivity index (χ0v) is 10.2. The number of amides is 1. The molecule has 0 saturated carbocycles. The molecule has 0 radical (unpaired) electrons. The molecule has 1 aromatic rings. The molecule has 2 rings (SSSR count). The second-order valence-corrected chi connectivity index (χ2v) is 4.52. The first-order chi connectivity index (χ1) is 9.30. The van der Waals surface area contributed by atoms with Crippen molar-refractivity contribution < 1.29 is 22.9 Å². The zero-order chi connectivity index (χ0) is 14.9. The Labute approximate surface area is 111 Å². The molecule has 1 aliphatic heterocycles. The van der Waals surface area contributed by atoms with E-state index in [0.717, 1.165) is 12.1 Å². The molecule has 8 heteroatoms. The van der Waals surface area contributed by atoms with Crippen LogP contribution in [0.3, 0.4) is 0 Å². The van der Waals surface area contributed by atoms with Crippen LogP contribution in [0.5, 0.6) is 0 Å². The Bertz CT molecular complexity index is 545. The van der Waals surface area contributed by atoms with Crippen LogP contribution in [0.25, 0.3) is 0 Å². The third-order valence-electron chi connectivity index (χ3n) is 3.24. The average molecular weight is 288 g/mol. The number of nitro groups is 1. The summed E-state index contributed by atoms with van der Waals surface area (Å²) < 4.78 is 38.8. The molecular weight excluding hydrogens is 277 g/mol. The highest BCUT2D eigenvalue weighted by molar-refractivity contribution is 5.77. The standard InChI is InChI=1S/C12H11F3N2O3/c13-12(14,15)8-4-2-1-3-7(8)11-9(17(19)20)5-6-10(18)16-11/h1-4,9,11H,5-6H2,(H,16,18)/t9-,11-/m1/s1. The van der Waals surface area contributed by atoms with Gasteiger partial charge in [-0.05, 0) is 11.6 Å². The predicted octanol–water partition coefficient (Wildman–Crippen LogP) is 2.30. The number of benzene rings is 1. The van der Waals surface area contributed by atoms with Crippen molar-refractivity contribution in [3.8, 4) is 0 Å². The summed E-state index contributed by atoms with van der Waals surface area (Å²) in [6.45, 7) is 0. The lowest BCUT2D eigenvalue weighted by molar-refractivity contribution is -0.529. The molecule has 1 amide bonds. The molecule has 1 fully saturated rings. The highest BCUT2D eigenvalue weighted by Gasteiger charge is 2.43. The quantitative estimate of drug-likeness (QED) is 0.670. The number of alkyl halides is 3. The topological polar surface area (TPSA) is 72.2 Å². The van der Waals surface area contributed by atoms with Gasteiger partial charge in [-0.1, -0.05) is 18.2 Å². The first kappa shape index (κ1) is 14.3. The van der Waals surface area contributed by atoms with E-state index in [1.54, 1.807) is 0 Å². The molecule has 1 N–H and O–H groups in total. The lowest BCUT2D eigenvalue weighted by Gasteiger charge is -2.28. The Kier molecular flexibility index (Phi) is 3.65. The summed E-state index contributed by atoms with van der Waals surface area (Å²) >= 11 is 0. The Morgan fingerprint density at radius 1 is 1.30 bits per heavy atom. The van der Waals surface area contributed by atoms with E-state index in [1.165, 1.54) is 12.1 Å². The molecule has 2 atom stereocenters. The molecule has 1 aliphatic rings. The molecule has 0 unspecified atom stereocenters. The monoisotopic (exact) mass is 288 g/mol. The third kappa shape index (κ3) is 2.73. The van der Waals surface area contributed by atoms with Gasteiger partial charge >= 0.3 is 6.18 Å². The fraction of sp³-hybridized carbons (Fsp3) is 0.417. The molecule has 1 aromatic carbocycles. The number of hydrogen-bond acceptors (Lipinski definition) is 3. The van der Waals surface area contributed by atoms with Gasteiger partial charge in [0.05, 0.1) is 5.56 Å². The van der Waals surface area contributed by atoms with Gasteiger partial charge in [0.2, 0.25) is 11.9 Å². The van der Waals surface area contributed by atoms with E-state index in [9.17, 15) is 28.1 Å². The minimum Gasteiger partial charge on any atom is -0.343 e. The van der Waals surface area contributed by atoms with Gasteiger partial charge in [-0.2, -0.15) is 13.2 Å². The summed E-state index contributed by atoms with van der Waals surface area (Å²) in [4.78, 5) is 21.7. The van der Waals surface area contributed by atoms with Crippen LogP contribution in [0.15, 0.2) is 24.3 Å². The maximum absolute atomic E-state index is 12.9. The van der Waals surface area contributed by atoms with Crippen molar-refractivity contribution in [3.05, 3.63) is 45.5 Å². The predicted molar refractivity (Wildman–Crippen MR) is 62.3 cm³/mol. The lowest BCUT2D eigenvalue weighted by Crippen LogP contribution is -2.45. The normalized spacial score (nSPS) is 23.2. The van der Waals surface area contributed by atoms with Gasteiger partial charge in [-0.3, -0.25) is 14.9 Å². The van der Waals surface area contributed by atoms with Crippen LogP contribution in [-0.4, -0.2) is 16.9 Å². The molecule has 1 saturated heterocycles. The van der Waals surface area contributed by atoms with E-state index in [1.807, 2.05) is 0 Å². The number of rotatable bonds is 2. The summed E-state index contributed by atoms with van der Waals surface area (Å²) in [7, 11) is 0. The van der Waals surface area contributed by atoms with Crippen LogP contribution in [-0.2, 0) is 11.0 Å². The minimum absolute atomic E-state index is 0.0592. The minimum atomic E-state index is -4.63. The first-order valence-corrected chi connectivity index (χ1v) is 5.89. The van der Waals surface area contributed by atoms with Gasteiger partial charge in [-0.15, -0.1) is 0 Å². The van der Waals surface area contributed by atoms with E-state index in [-0.39, 0.29) is 18.4 Å². The molecule has 108 valence electrons. The molecule has 0 spiro atoms. The maximum atomic E-state index is 12.9. The van der Waals surface area contributed by atoms with Crippen molar-refractivity contribution in [1.29, 1.82) is 0 Å². The van der Waals surface area contributed by atoms with Crippen LogP contribution >= 0.6 is 0 Å². The van der Waals surface area contributed by atoms with Crippen molar-refractivity contribution >= 4 is 5.91 Å². The van der Waals surface area contributed by atoms with Gasteiger partial charge in [0, 0.05) is 17.8 Å². The molecule has 0 bridgehead atoms. The smallest absolute Gasteiger partial charge is 0.343 e. The number of nitrogens with zero attached hydrogens (tertiary/aromatic N) is 1. The van der Waals surface area contributed by atoms with E-state index < -0.39 is 34.7 Å². The van der Waals surface area contributed by atoms with Crippen molar-refractivity contribution in [3.63, 3.8) is 0 Å². The lowest BCUT2D eigenvalue weighted by atomic mass is 9.89. The SMILES string of the molecule is O=C1CC[C@@H]([N+](=O)[O-])[C@@H](c2ccccc2C(F)(F)F)N1. The Balaban J connectivity index is 2.47. The summed E-state index contributed by atoms with van der Waals surface area (Å²) in [5.74, 6) is -0.481. The summed E-state index contributed by atoms with van der Waals surface area (Å²) in [5.41, 5.74) is -1.23. The van der Waals surface area contributed by atoms with Gasteiger partial charge in [0.25, 0.3) is 0 Å². The second-order valence-electron chi connectivity index (χ2n) is 4.52. The van der Waals surface area contributed by atoms with E-state index in [4.69, 9.17) is 0 Å². The molecule has 5 nitrogen and oxygen atoms in total. The van der Waals surface area contributed by atoms with Crippen LogP contribution in [0, 0.1) is 10.1 Å². The van der Waals surface area contributed by atoms with Gasteiger partial charge in [-0.25, -0.2) is 0 Å². The van der Waals surface area contributed by atoms with Crippen LogP contribution < -0.4 is 5.32 Å². The second kappa shape index (κ2) is 5.10. The fourth-order valence-corrected chi connectivity index (χ4v) is 2.33. The van der Waals surface area contributed by atoms with Gasteiger partial charge < -0.3 is 5.32 Å². The largest absolute Gasteiger partial charge is 0.416 e. The summed E-state index contributed by atoms with van der Waals surface area (Å²) in [6, 6.07) is 2.07. The van der Waals surface area contributed by atoms with E-state index in [2.05, 4.69) is 5.32 Å². The van der Waals surface area contributed by atoms with Crippen LogP contribution in [0.2, 0.25) is 0 Å². The van der Waals surface area contributed by atoms with Crippen molar-refractivity contribution in [2.24, 2.45) is 0 Å². The van der Waals surface area contributed by atoms with Crippen molar-refractivity contribution in [1.82, 2.24) is 5.32 Å². The Hall–Kier alpha value is -2.12. The van der Waals surface area contributed by atoms with E-state index >= 15 is 0 Å². The number of carbonyl (C=O) groups excluding carboxylic acids is 1. The number of halogens is 3. The molecular formula is C12H11F3N2O3. The van der Waals surface area contributed by atoms with Crippen molar-refractivity contribution in [2.75, 3.05) is 0 Å². The molecule has 0 aliphatic carbocycles. The third-order valence-corrected chi connectivity index (χ3v) is 3.24.